The molecule has 0 aromatic heterocycles. The van der Waals surface area contributed by atoms with Gasteiger partial charge in [0.2, 0.25) is 0 Å². The number of alkyl halides is 14. The lowest BCUT2D eigenvalue weighted by atomic mass is 10.0. The molecule has 14 nitrogen and oxygen atoms in total. The lowest BCUT2D eigenvalue weighted by molar-refractivity contribution is -0.360. The molecule has 0 saturated carbocycles. The topological polar surface area (TPSA) is 161 Å². The van der Waals surface area contributed by atoms with Crippen LogP contribution in [0.3, 0.4) is 0 Å². The Balaban J connectivity index is 0.790. The van der Waals surface area contributed by atoms with E-state index in [0.717, 1.165) is 111 Å². The van der Waals surface area contributed by atoms with Gasteiger partial charge in [-0.2, -0.15) is 61.5 Å². The van der Waals surface area contributed by atoms with Gasteiger partial charge in [-0.25, -0.2) is 19.2 Å². The summed E-state index contributed by atoms with van der Waals surface area (Å²) in [7, 11) is -6.42. The lowest BCUT2D eigenvalue weighted by Crippen LogP contribution is -2.54. The Hall–Kier alpha value is -8.01. The van der Waals surface area contributed by atoms with Gasteiger partial charge >= 0.3 is 68.5 Å². The van der Waals surface area contributed by atoms with E-state index in [1.54, 1.807) is 48.5 Å². The molecule has 6 rings (SSSR count). The summed E-state index contributed by atoms with van der Waals surface area (Å²) in [4.78, 5) is 49.8. The standard InChI is InChI=1S/C70H78F14O14Si3/c1-47(61(85)91-45-65(71,72)67(75,76)69(79,80)81)93-57-33-37-59(38-34-57)95-63(87)53-21-17-49(18-22-53)51-25-29-55(30-26-51)89-41-13-9-11-15-43-99(3,4)97-101(7,8)98-100(5,6)44-16-12-10-14-42-90-56-31-27-52(28-32-56)50-19-23-54(24-20-50)64(88)96-60-39-35-58(36-40-60)94-48(2)62(86)92-46-66(73,74)68(77,78)70(82,83)84/h17-40,47-48H,9-16,41-46H2,1-8H3/t47-,48-/m1/s1. The molecular weight excluding hydrogens is 1410 g/mol. The fourth-order valence-corrected chi connectivity index (χ4v) is 24.3. The fraction of sp³-hybridized carbons (Fsp3) is 0.429. The molecule has 0 unspecified atom stereocenters. The Labute approximate surface area is 578 Å². The van der Waals surface area contributed by atoms with E-state index in [1.165, 1.54) is 48.5 Å². The predicted octanol–water partition coefficient (Wildman–Crippen LogP) is 19.5. The first-order valence-corrected chi connectivity index (χ1v) is 41.1. The molecule has 101 heavy (non-hydrogen) atoms. The minimum atomic E-state index is -6.58. The third-order valence-corrected chi connectivity index (χ3v) is 26.8. The fourth-order valence-electron chi connectivity index (χ4n) is 10.1. The molecule has 0 aliphatic carbocycles. The maximum atomic E-state index is 13.5. The molecule has 0 N–H and O–H groups in total. The van der Waals surface area contributed by atoms with Gasteiger partial charge in [0.15, 0.2) is 42.1 Å². The van der Waals surface area contributed by atoms with Crippen LogP contribution in [-0.2, 0) is 27.3 Å². The van der Waals surface area contributed by atoms with Gasteiger partial charge in [-0.05, 0) is 197 Å². The molecule has 552 valence electrons. The van der Waals surface area contributed by atoms with Gasteiger partial charge < -0.3 is 46.1 Å². The van der Waals surface area contributed by atoms with Gasteiger partial charge in [0.1, 0.15) is 34.5 Å². The summed E-state index contributed by atoms with van der Waals surface area (Å²) in [5.41, 5.74) is 3.85. The summed E-state index contributed by atoms with van der Waals surface area (Å²) in [6.45, 7) is 11.4. The minimum Gasteiger partial charge on any atom is -0.494 e. The van der Waals surface area contributed by atoms with Crippen LogP contribution in [0.15, 0.2) is 146 Å². The van der Waals surface area contributed by atoms with E-state index in [0.29, 0.717) is 13.2 Å². The molecular formula is C70H78F14O14Si3. The van der Waals surface area contributed by atoms with Crippen molar-refractivity contribution in [2.45, 2.75) is 165 Å². The van der Waals surface area contributed by atoms with Crippen LogP contribution >= 0.6 is 0 Å². The number of rotatable bonds is 38. The van der Waals surface area contributed by atoms with Gasteiger partial charge in [-0.15, -0.1) is 0 Å². The first-order valence-electron chi connectivity index (χ1n) is 32.0. The molecule has 0 saturated heterocycles. The Bertz CT molecular complexity index is 3400. The summed E-state index contributed by atoms with van der Waals surface area (Å²) in [5, 5.41) is 0. The van der Waals surface area contributed by atoms with Crippen molar-refractivity contribution < 1.29 is 127 Å². The normalized spacial score (nSPS) is 13.4. The summed E-state index contributed by atoms with van der Waals surface area (Å²) in [5.74, 6) is -27.6. The molecule has 0 aliphatic heterocycles. The Morgan fingerprint density at radius 1 is 0.356 bits per heavy atom. The predicted molar refractivity (Wildman–Crippen MR) is 353 cm³/mol. The molecule has 0 spiro atoms. The monoisotopic (exact) mass is 1490 g/mol. The number of carbonyl (C=O) groups is 4. The van der Waals surface area contributed by atoms with E-state index < -0.39 is 111 Å². The lowest BCUT2D eigenvalue weighted by Gasteiger charge is -2.39. The highest BCUT2D eigenvalue weighted by atomic mass is 28.5. The van der Waals surface area contributed by atoms with E-state index in [2.05, 4.69) is 48.8 Å². The molecule has 31 heteroatoms. The molecule has 6 aromatic carbocycles. The summed E-state index contributed by atoms with van der Waals surface area (Å²) < 4.78 is 236. The van der Waals surface area contributed by atoms with Crippen LogP contribution in [0.2, 0.25) is 51.4 Å². The highest BCUT2D eigenvalue weighted by Crippen LogP contribution is 2.48. The molecule has 0 radical (unpaired) electrons. The van der Waals surface area contributed by atoms with Crippen LogP contribution in [0.4, 0.5) is 61.5 Å². The maximum absolute atomic E-state index is 13.5. The third kappa shape index (κ3) is 24.6. The first kappa shape index (κ1) is 82.0. The zero-order chi connectivity index (χ0) is 74.8. The quantitative estimate of drug-likeness (QED) is 0.0118. The second-order valence-corrected chi connectivity index (χ2v) is 37.8. The van der Waals surface area contributed by atoms with Crippen LogP contribution in [-0.4, -0.2) is 124 Å². The molecule has 0 aliphatic rings. The van der Waals surface area contributed by atoms with Crippen LogP contribution in [0.1, 0.15) is 85.9 Å². The van der Waals surface area contributed by atoms with Crippen molar-refractivity contribution in [2.24, 2.45) is 0 Å². The van der Waals surface area contributed by atoms with Crippen molar-refractivity contribution in [1.29, 1.82) is 0 Å². The number of benzene rings is 6. The smallest absolute Gasteiger partial charge is 0.460 e. The zero-order valence-corrected chi connectivity index (χ0v) is 59.4. The Kier molecular flexibility index (Phi) is 28.2. The SMILES string of the molecule is C[C@@H](Oc1ccc(OC(=O)c2ccc(-c3ccc(OCCCCCC[Si](C)(C)O[Si](C)(C)O[Si](C)(C)CCCCCCOc4ccc(-c5ccc(C(=O)Oc6ccc(O[C@H](C)C(=O)OCC(F)(F)C(F)(F)C(F)(F)F)cc6)cc5)cc4)cc3)cc2)cc1)C(=O)OCC(F)(F)C(F)(F)C(F)(F)F. The average Bonchev–Trinajstić information content (AvgIpc) is 0.784. The van der Waals surface area contributed by atoms with Crippen molar-refractivity contribution >= 4 is 49.1 Å². The highest BCUT2D eigenvalue weighted by Gasteiger charge is 2.74. The minimum absolute atomic E-state index is 0.0567. The molecule has 6 aromatic rings. The molecule has 2 atom stereocenters. The van der Waals surface area contributed by atoms with Crippen LogP contribution in [0.5, 0.6) is 34.5 Å². The van der Waals surface area contributed by atoms with E-state index >= 15 is 0 Å². The van der Waals surface area contributed by atoms with Crippen molar-refractivity contribution in [1.82, 2.24) is 0 Å². The van der Waals surface area contributed by atoms with Gasteiger partial charge in [0.05, 0.1) is 24.3 Å². The van der Waals surface area contributed by atoms with Gasteiger partial charge in [-0.1, -0.05) is 87.1 Å². The summed E-state index contributed by atoms with van der Waals surface area (Å²) in [6, 6.07) is 40.5. The second-order valence-electron chi connectivity index (χ2n) is 25.4. The van der Waals surface area contributed by atoms with E-state index in [1.807, 2.05) is 48.5 Å². The molecule has 0 bridgehead atoms. The highest BCUT2D eigenvalue weighted by molar-refractivity contribution is 6.87. The van der Waals surface area contributed by atoms with Crippen LogP contribution in [0, 0.1) is 0 Å². The van der Waals surface area contributed by atoms with Crippen LogP contribution < -0.4 is 28.4 Å². The van der Waals surface area contributed by atoms with E-state index in [-0.39, 0.29) is 34.1 Å². The van der Waals surface area contributed by atoms with Gasteiger partial charge in [-0.3, -0.25) is 0 Å². The number of hydrogen-bond donors (Lipinski definition) is 0. The molecule has 0 fully saturated rings. The van der Waals surface area contributed by atoms with E-state index in [9.17, 15) is 80.6 Å². The maximum Gasteiger partial charge on any atom is 0.460 e. The summed E-state index contributed by atoms with van der Waals surface area (Å²) in [6.07, 6.45) is -8.54. The number of ether oxygens (including phenoxy) is 8. The number of esters is 4. The molecule has 0 heterocycles. The summed E-state index contributed by atoms with van der Waals surface area (Å²) >= 11 is 0. The van der Waals surface area contributed by atoms with Gasteiger partial charge in [0, 0.05) is 0 Å². The van der Waals surface area contributed by atoms with E-state index in [4.69, 9.17) is 36.7 Å². The number of hydrogen-bond acceptors (Lipinski definition) is 14. The zero-order valence-electron chi connectivity index (χ0n) is 56.4. The Morgan fingerprint density at radius 3 is 0.921 bits per heavy atom. The number of halogens is 14. The number of unbranched alkanes of at least 4 members (excludes halogenated alkanes) is 6. The van der Waals surface area contributed by atoms with Crippen molar-refractivity contribution in [3.63, 3.8) is 0 Å². The average molecular weight is 1490 g/mol. The first-order chi connectivity index (χ1) is 47.0. The largest absolute Gasteiger partial charge is 0.494 e. The third-order valence-electron chi connectivity index (χ3n) is 15.3. The molecule has 0 amide bonds. The van der Waals surface area contributed by atoms with Crippen molar-refractivity contribution in [3.05, 3.63) is 157 Å². The van der Waals surface area contributed by atoms with Crippen LogP contribution in [0.25, 0.3) is 22.3 Å². The van der Waals surface area contributed by atoms with Crippen molar-refractivity contribution in [3.8, 4) is 56.8 Å². The second kappa shape index (κ2) is 34.8. The Morgan fingerprint density at radius 2 is 0.624 bits per heavy atom. The van der Waals surface area contributed by atoms with Gasteiger partial charge in [0.25, 0.3) is 0 Å². The number of carbonyl (C=O) groups excluding carboxylic acids is 4. The van der Waals surface area contributed by atoms with Crippen molar-refractivity contribution in [2.75, 3.05) is 26.4 Å².